The van der Waals surface area contributed by atoms with Crippen LogP contribution in [0.4, 0.5) is 17.1 Å². The van der Waals surface area contributed by atoms with E-state index in [1.165, 1.54) is 104 Å². The third-order valence-electron chi connectivity index (χ3n) is 9.33. The van der Waals surface area contributed by atoms with Crippen molar-refractivity contribution in [1.29, 1.82) is 0 Å². The third kappa shape index (κ3) is 22.7. The number of carbonyl (C=O) groups is 5. The van der Waals surface area contributed by atoms with Gasteiger partial charge in [-0.05, 0) is 121 Å². The van der Waals surface area contributed by atoms with E-state index in [4.69, 9.17) is 44.7 Å². The number of aryl methyl sites for hydroxylation is 1. The quantitative estimate of drug-likeness (QED) is 0.00827. The number of nitrogens with two attached hydrogens (primary N) is 2. The number of rotatable bonds is 13. The first-order valence-corrected chi connectivity index (χ1v) is 26.0. The van der Waals surface area contributed by atoms with Gasteiger partial charge in [-0.2, -0.15) is 33.7 Å². The summed E-state index contributed by atoms with van der Waals surface area (Å²) in [6, 6.07) is 26.3. The first-order valence-electron chi connectivity index (χ1n) is 19.4. The van der Waals surface area contributed by atoms with E-state index in [0.29, 0.717) is 28.7 Å². The van der Waals surface area contributed by atoms with Gasteiger partial charge in [-0.1, -0.05) is 49.4 Å². The van der Waals surface area contributed by atoms with E-state index in [0.717, 1.165) is 18.2 Å². The summed E-state index contributed by atoms with van der Waals surface area (Å²) >= 11 is 10.4. The average molecular weight is 1200 g/mol. The van der Waals surface area contributed by atoms with Gasteiger partial charge in [-0.15, -0.1) is 0 Å². The number of carbonyl (C=O) groups excluding carboxylic acids is 5. The molecule has 0 fully saturated rings. The minimum Gasteiger partial charge on any atom is -1.00 e. The van der Waals surface area contributed by atoms with E-state index in [9.17, 15) is 71.1 Å². The van der Waals surface area contributed by atoms with E-state index < -0.39 is 76.4 Å². The van der Waals surface area contributed by atoms with Gasteiger partial charge >= 0.3 is 118 Å². The van der Waals surface area contributed by atoms with Gasteiger partial charge in [-0.25, -0.2) is 0 Å². The second-order valence-electron chi connectivity index (χ2n) is 14.2. The summed E-state index contributed by atoms with van der Waals surface area (Å²) in [5.41, 5.74) is 12.4. The van der Waals surface area contributed by atoms with Crippen molar-refractivity contribution in [2.24, 2.45) is 0 Å². The van der Waals surface area contributed by atoms with Crippen LogP contribution in [0.25, 0.3) is 22.3 Å². The molecule has 6 aromatic carbocycles. The summed E-state index contributed by atoms with van der Waals surface area (Å²) < 4.78 is 132. The third-order valence-corrected chi connectivity index (χ3v) is 13.3. The Morgan fingerprint density at radius 1 is 0.539 bits per heavy atom. The summed E-state index contributed by atoms with van der Waals surface area (Å²) in [5.74, 6) is -0.772. The zero-order valence-corrected chi connectivity index (χ0v) is 53.6. The first kappa shape index (κ1) is 75.1. The summed E-state index contributed by atoms with van der Waals surface area (Å²) in [5, 5.41) is 9.82. The van der Waals surface area contributed by atoms with Crippen LogP contribution in [0.3, 0.4) is 0 Å². The SMILES string of the molecule is CCc1ccc(-c2ccc(NC(=O)c3ccc(C(C)=O)cc3)cc2S(=O)(=O)O)c(S(=O)(=O)O)c1.Nc1ccc(-c2ccc(N)cc2S(=O)(=O)O)c(S(=O)(=O)O)c1.O=C(Cl)c1ccc(C(=O)Cl)cc1.O=CO[O-].[H-].[Na+].[Na+].[Na+].[Na+]. The molecule has 6 aromatic rings. The molecule has 0 heterocycles. The van der Waals surface area contributed by atoms with Crippen LogP contribution < -0.4 is 140 Å². The Bertz CT molecular complexity index is 3420. The van der Waals surface area contributed by atoms with Crippen LogP contribution in [0.5, 0.6) is 0 Å². The van der Waals surface area contributed by atoms with E-state index in [-0.39, 0.29) is 177 Å². The number of hydrogen-bond donors (Lipinski definition) is 7. The normalized spacial score (nSPS) is 10.6. The van der Waals surface area contributed by atoms with Crippen molar-refractivity contribution >= 4 is 109 Å². The van der Waals surface area contributed by atoms with Gasteiger partial charge in [0.05, 0.1) is 0 Å². The monoisotopic (exact) mass is 1200 g/mol. The fourth-order valence-electron chi connectivity index (χ4n) is 6.00. The first-order chi connectivity index (χ1) is 33.3. The smallest absolute Gasteiger partial charge is 1.00 e. The van der Waals surface area contributed by atoms with Crippen LogP contribution in [-0.4, -0.2) is 80.5 Å². The van der Waals surface area contributed by atoms with Gasteiger partial charge in [0, 0.05) is 61.6 Å². The van der Waals surface area contributed by atoms with Gasteiger partial charge in [0.2, 0.25) is 0 Å². The summed E-state index contributed by atoms with van der Waals surface area (Å²) in [4.78, 5) is 54.0. The van der Waals surface area contributed by atoms with Gasteiger partial charge in [-0.3, -0.25) is 42.2 Å². The standard InChI is InChI=1S/C23H21NO8S2.C12H12N2O6S2.C8H4Cl2O2.CH2O3.4Na.H/c1-3-15-4-10-19(21(12-15)33(27,28)29)20-11-9-18(13-22(20)34(30,31)32)24-23(26)17-7-5-16(6-8-17)14(2)25;13-7-1-3-9(11(5-7)21(15,16)17)10-4-2-8(14)6-12(10)22(18,19)20;9-7(11)5-1-2-6(4-3-5)8(10)12;2-1-4-3;;;;;/h4-13H,3H2,1-2H3,(H,24,26)(H,27,28,29)(H,30,31,32);1-6H,13-14H2,(H,15,16,17)(H,18,19,20);1-4H;1,3H;;;;;/q;;;;4*+1;-1/p-1. The molecule has 6 rings (SSSR count). The number of nitrogen functional groups attached to an aromatic ring is 2. The van der Waals surface area contributed by atoms with E-state index >= 15 is 0 Å². The molecule has 0 bridgehead atoms. The van der Waals surface area contributed by atoms with Crippen molar-refractivity contribution in [3.63, 3.8) is 0 Å². The molecule has 0 radical (unpaired) electrons. The molecule has 1 amide bonds. The second-order valence-corrected chi connectivity index (χ2v) is 20.5. The number of ketones is 1. The number of nitrogens with one attached hydrogen (secondary N) is 1. The fraction of sp³-hybridized carbons (Fsp3) is 0.0682. The van der Waals surface area contributed by atoms with Crippen molar-refractivity contribution < 1.29 is 206 Å². The van der Waals surface area contributed by atoms with Gasteiger partial charge in [0.15, 0.2) is 5.78 Å². The van der Waals surface area contributed by atoms with Crippen molar-refractivity contribution in [2.45, 2.75) is 39.9 Å². The van der Waals surface area contributed by atoms with Crippen LogP contribution in [0.1, 0.15) is 62.3 Å². The largest absolute Gasteiger partial charge is 1.00 e. The van der Waals surface area contributed by atoms with Crippen molar-refractivity contribution in [3.8, 4) is 22.3 Å². The summed E-state index contributed by atoms with van der Waals surface area (Å²) in [6.45, 7) is 2.98. The molecule has 22 nitrogen and oxygen atoms in total. The predicted molar refractivity (Wildman–Crippen MR) is 261 cm³/mol. The number of amides is 1. The molecule has 76 heavy (non-hydrogen) atoms. The molecule has 0 aromatic heterocycles. The van der Waals surface area contributed by atoms with E-state index in [1.54, 1.807) is 13.0 Å². The molecule has 0 atom stereocenters. The van der Waals surface area contributed by atoms with Crippen LogP contribution in [-0.2, 0) is 56.6 Å². The molecule has 9 N–H and O–H groups in total. The molecular weight excluding hydrogens is 1170 g/mol. The van der Waals surface area contributed by atoms with Crippen LogP contribution in [0.15, 0.2) is 141 Å². The van der Waals surface area contributed by atoms with Crippen LogP contribution >= 0.6 is 23.2 Å². The number of hydrogen-bond acceptors (Lipinski definition) is 17. The van der Waals surface area contributed by atoms with E-state index in [2.05, 4.69) is 10.2 Å². The van der Waals surface area contributed by atoms with Gasteiger partial charge < -0.3 is 28.4 Å². The average Bonchev–Trinajstić information content (AvgIpc) is 3.30. The summed E-state index contributed by atoms with van der Waals surface area (Å²) in [7, 11) is -18.9. The number of Topliss-reactive ketones (excluding diaryl/α,β-unsaturated/α-hetero) is 1. The summed E-state index contributed by atoms with van der Waals surface area (Å²) in [6.07, 6.45) is 0.465. The number of benzene rings is 6. The topological polar surface area (TPSA) is 399 Å². The van der Waals surface area contributed by atoms with Crippen LogP contribution in [0, 0.1) is 0 Å². The fourth-order valence-corrected chi connectivity index (χ4v) is 9.22. The molecular formula is C44H39Cl2N3Na4O19S4+2. The maximum absolute atomic E-state index is 12.5. The Balaban J connectivity index is -0.00000110. The minimum absolute atomic E-state index is 0. The molecule has 32 heteroatoms. The molecule has 0 aliphatic heterocycles. The Labute approximate surface area is 536 Å². The zero-order valence-electron chi connectivity index (χ0n) is 41.8. The van der Waals surface area contributed by atoms with Crippen LogP contribution in [0.2, 0.25) is 0 Å². The maximum Gasteiger partial charge on any atom is 1.00 e. The molecule has 0 aliphatic carbocycles. The Morgan fingerprint density at radius 2 is 0.842 bits per heavy atom. The Kier molecular flexibility index (Phi) is 32.6. The zero-order chi connectivity index (χ0) is 54.5. The van der Waals surface area contributed by atoms with Crippen molar-refractivity contribution in [3.05, 3.63) is 149 Å². The van der Waals surface area contributed by atoms with E-state index in [1.807, 2.05) is 0 Å². The van der Waals surface area contributed by atoms with Crippen molar-refractivity contribution in [2.75, 3.05) is 16.8 Å². The Morgan fingerprint density at radius 3 is 1.16 bits per heavy atom. The molecule has 0 unspecified atom stereocenters. The minimum atomic E-state index is -4.86. The Hall–Kier alpha value is -2.95. The number of halogens is 2. The molecule has 0 aliphatic rings. The molecule has 0 saturated carbocycles. The van der Waals surface area contributed by atoms with Crippen molar-refractivity contribution in [1.82, 2.24) is 0 Å². The predicted octanol–water partition coefficient (Wildman–Crippen LogP) is -6.12. The van der Waals surface area contributed by atoms with Gasteiger partial charge in [0.25, 0.3) is 63.3 Å². The molecule has 384 valence electrons. The molecule has 0 saturated heterocycles. The second kappa shape index (κ2) is 33.0. The van der Waals surface area contributed by atoms with Gasteiger partial charge in [0.1, 0.15) is 19.6 Å². The molecule has 0 spiro atoms. The number of anilines is 3. The maximum atomic E-state index is 12.5.